The molecular weight excluding hydrogens is 267 g/mol. The van der Waals surface area contributed by atoms with Gasteiger partial charge in [0.25, 0.3) is 0 Å². The second kappa shape index (κ2) is 5.75. The number of benzene rings is 1. The summed E-state index contributed by atoms with van der Waals surface area (Å²) < 4.78 is 14.0. The maximum atomic E-state index is 14.0. The van der Waals surface area contributed by atoms with Crippen LogP contribution in [-0.4, -0.2) is 49.5 Å². The van der Waals surface area contributed by atoms with Crippen molar-refractivity contribution < 1.29 is 4.39 Å². The molecule has 1 aliphatic heterocycles. The van der Waals surface area contributed by atoms with Gasteiger partial charge in [-0.1, -0.05) is 17.7 Å². The molecule has 6 heteroatoms. The maximum Gasteiger partial charge on any atom is 0.191 e. The number of hydrogen-bond donors (Lipinski definition) is 1. The summed E-state index contributed by atoms with van der Waals surface area (Å²) in [6.45, 7) is 1.95. The Morgan fingerprint density at radius 2 is 2.26 bits per heavy atom. The molecule has 0 aromatic heterocycles. The molecule has 1 atom stereocenters. The van der Waals surface area contributed by atoms with Gasteiger partial charge in [-0.2, -0.15) is 0 Å². The summed E-state index contributed by atoms with van der Waals surface area (Å²) in [5, 5.41) is 0.421. The minimum Gasteiger partial charge on any atom is -0.370 e. The average Bonchev–Trinajstić information content (AvgIpc) is 2.68. The molecule has 0 amide bonds. The molecule has 2 N–H and O–H groups in total. The zero-order valence-corrected chi connectivity index (χ0v) is 11.9. The van der Waals surface area contributed by atoms with Gasteiger partial charge < -0.3 is 15.5 Å². The highest BCUT2D eigenvalue weighted by Crippen LogP contribution is 2.32. The van der Waals surface area contributed by atoms with Crippen LogP contribution in [0.5, 0.6) is 0 Å². The highest BCUT2D eigenvalue weighted by atomic mass is 35.5. The Kier molecular flexibility index (Phi) is 4.27. The fraction of sp³-hybridized carbons (Fsp3) is 0.462. The van der Waals surface area contributed by atoms with Crippen LogP contribution in [0.4, 0.5) is 4.39 Å². The molecule has 0 aliphatic carbocycles. The molecule has 2 rings (SSSR count). The summed E-state index contributed by atoms with van der Waals surface area (Å²) in [4.78, 5) is 8.17. The molecule has 19 heavy (non-hydrogen) atoms. The highest BCUT2D eigenvalue weighted by Gasteiger charge is 2.30. The van der Waals surface area contributed by atoms with Gasteiger partial charge in [-0.25, -0.2) is 4.39 Å². The minimum atomic E-state index is -0.308. The molecule has 0 radical (unpaired) electrons. The van der Waals surface area contributed by atoms with Crippen LogP contribution >= 0.6 is 11.6 Å². The van der Waals surface area contributed by atoms with Gasteiger partial charge in [0.2, 0.25) is 0 Å². The normalized spacial score (nSPS) is 19.1. The molecule has 1 unspecified atom stereocenters. The van der Waals surface area contributed by atoms with Gasteiger partial charge in [0.15, 0.2) is 5.96 Å². The number of nitrogens with zero attached hydrogens (tertiary/aromatic N) is 3. The Hall–Kier alpha value is -1.33. The monoisotopic (exact) mass is 284 g/mol. The lowest BCUT2D eigenvalue weighted by Crippen LogP contribution is -2.40. The predicted octanol–water partition coefficient (Wildman–Crippen LogP) is 1.71. The number of likely N-dealkylation sites (N-methyl/N-ethyl adjacent to an activating group) is 1. The second-order valence-corrected chi connectivity index (χ2v) is 5.25. The third-order valence-electron chi connectivity index (χ3n) is 3.22. The van der Waals surface area contributed by atoms with E-state index in [-0.39, 0.29) is 11.9 Å². The molecule has 0 fully saturated rings. The first kappa shape index (κ1) is 14.1. The molecule has 1 aromatic carbocycles. The van der Waals surface area contributed by atoms with E-state index in [0.29, 0.717) is 29.6 Å². The highest BCUT2D eigenvalue weighted by molar-refractivity contribution is 6.31. The van der Waals surface area contributed by atoms with E-state index in [4.69, 9.17) is 17.3 Å². The van der Waals surface area contributed by atoms with E-state index in [2.05, 4.69) is 4.99 Å². The number of nitrogens with two attached hydrogens (primary N) is 1. The van der Waals surface area contributed by atoms with E-state index in [0.717, 1.165) is 6.54 Å². The Labute approximate surface area is 117 Å². The summed E-state index contributed by atoms with van der Waals surface area (Å²) in [7, 11) is 3.96. The van der Waals surface area contributed by atoms with Crippen LogP contribution in [0.1, 0.15) is 11.6 Å². The average molecular weight is 285 g/mol. The maximum absolute atomic E-state index is 14.0. The van der Waals surface area contributed by atoms with Gasteiger partial charge in [-0.3, -0.25) is 4.99 Å². The van der Waals surface area contributed by atoms with Gasteiger partial charge in [-0.05, 0) is 26.2 Å². The Morgan fingerprint density at radius 1 is 1.53 bits per heavy atom. The van der Waals surface area contributed by atoms with Crippen molar-refractivity contribution in [3.05, 3.63) is 34.6 Å². The molecule has 0 spiro atoms. The van der Waals surface area contributed by atoms with Crippen LogP contribution < -0.4 is 5.73 Å². The molecule has 0 bridgehead atoms. The molecule has 1 heterocycles. The number of hydrogen-bond acceptors (Lipinski definition) is 4. The van der Waals surface area contributed by atoms with Crippen molar-refractivity contribution in [2.75, 3.05) is 33.7 Å². The summed E-state index contributed by atoms with van der Waals surface area (Å²) >= 11 is 6.12. The first-order chi connectivity index (χ1) is 9.00. The molecule has 4 nitrogen and oxygen atoms in total. The standard InChI is InChI=1S/C13H18ClFN4/c1-18(2)6-7-19-11(8-17-13(19)16)12-9(14)4-3-5-10(12)15/h3-5,11H,6-8H2,1-2H3,(H2,16,17). The zero-order valence-electron chi connectivity index (χ0n) is 11.1. The number of halogens is 2. The third kappa shape index (κ3) is 2.98. The van der Waals surface area contributed by atoms with Crippen molar-refractivity contribution in [3.8, 4) is 0 Å². The topological polar surface area (TPSA) is 44.9 Å². The SMILES string of the molecule is CN(C)CCN1C(N)=NCC1c1c(F)cccc1Cl. The summed E-state index contributed by atoms with van der Waals surface area (Å²) in [6.07, 6.45) is 0. The van der Waals surface area contributed by atoms with Crippen LogP contribution in [0.25, 0.3) is 0 Å². The van der Waals surface area contributed by atoms with Crippen molar-refractivity contribution in [2.45, 2.75) is 6.04 Å². The van der Waals surface area contributed by atoms with Crippen molar-refractivity contribution >= 4 is 17.6 Å². The zero-order chi connectivity index (χ0) is 14.0. The molecule has 1 aliphatic rings. The van der Waals surface area contributed by atoms with Crippen LogP contribution in [0, 0.1) is 5.82 Å². The Balaban J connectivity index is 2.24. The van der Waals surface area contributed by atoms with Crippen LogP contribution in [0.15, 0.2) is 23.2 Å². The van der Waals surface area contributed by atoms with Gasteiger partial charge in [0.05, 0.1) is 12.6 Å². The summed E-state index contributed by atoms with van der Waals surface area (Å²) in [5.74, 6) is 0.142. The van der Waals surface area contributed by atoms with Gasteiger partial charge >= 0.3 is 0 Å². The van der Waals surface area contributed by atoms with E-state index < -0.39 is 0 Å². The van der Waals surface area contributed by atoms with Crippen molar-refractivity contribution in [2.24, 2.45) is 10.7 Å². The predicted molar refractivity (Wildman–Crippen MR) is 75.9 cm³/mol. The van der Waals surface area contributed by atoms with Crippen LogP contribution in [0.2, 0.25) is 5.02 Å². The van der Waals surface area contributed by atoms with Crippen molar-refractivity contribution in [1.82, 2.24) is 9.80 Å². The minimum absolute atomic E-state index is 0.214. The lowest BCUT2D eigenvalue weighted by atomic mass is 10.1. The third-order valence-corrected chi connectivity index (χ3v) is 3.55. The Morgan fingerprint density at radius 3 is 2.89 bits per heavy atom. The smallest absolute Gasteiger partial charge is 0.191 e. The largest absolute Gasteiger partial charge is 0.370 e. The first-order valence-corrected chi connectivity index (χ1v) is 6.53. The lowest BCUT2D eigenvalue weighted by molar-refractivity contribution is 0.289. The number of rotatable bonds is 4. The van der Waals surface area contributed by atoms with Crippen LogP contribution in [-0.2, 0) is 0 Å². The summed E-state index contributed by atoms with van der Waals surface area (Å²) in [6, 6.07) is 4.50. The van der Waals surface area contributed by atoms with E-state index in [1.807, 2.05) is 23.9 Å². The molecule has 0 saturated carbocycles. The first-order valence-electron chi connectivity index (χ1n) is 6.16. The molecule has 104 valence electrons. The lowest BCUT2D eigenvalue weighted by Gasteiger charge is -2.28. The summed E-state index contributed by atoms with van der Waals surface area (Å²) in [5.41, 5.74) is 6.36. The van der Waals surface area contributed by atoms with Crippen molar-refractivity contribution in [3.63, 3.8) is 0 Å². The van der Waals surface area contributed by atoms with E-state index >= 15 is 0 Å². The van der Waals surface area contributed by atoms with E-state index in [1.165, 1.54) is 6.07 Å². The number of aliphatic imine (C=N–C) groups is 1. The fourth-order valence-corrected chi connectivity index (χ4v) is 2.47. The van der Waals surface area contributed by atoms with Crippen molar-refractivity contribution in [1.29, 1.82) is 0 Å². The van der Waals surface area contributed by atoms with Gasteiger partial charge in [0.1, 0.15) is 5.82 Å². The van der Waals surface area contributed by atoms with E-state index in [1.54, 1.807) is 12.1 Å². The number of guanidine groups is 1. The second-order valence-electron chi connectivity index (χ2n) is 4.85. The quantitative estimate of drug-likeness (QED) is 0.915. The molecular formula is C13H18ClFN4. The van der Waals surface area contributed by atoms with Gasteiger partial charge in [0, 0.05) is 23.7 Å². The molecule has 1 aromatic rings. The fourth-order valence-electron chi connectivity index (χ4n) is 2.18. The van der Waals surface area contributed by atoms with Gasteiger partial charge in [-0.15, -0.1) is 0 Å². The van der Waals surface area contributed by atoms with Crippen LogP contribution in [0.3, 0.4) is 0 Å². The van der Waals surface area contributed by atoms with E-state index in [9.17, 15) is 4.39 Å². The molecule has 0 saturated heterocycles. The Bertz CT molecular complexity index is 469.